The number of rotatable bonds is 12. The first-order valence-corrected chi connectivity index (χ1v) is 16.6. The minimum atomic E-state index is -4.31. The van der Waals surface area contributed by atoms with Crippen molar-refractivity contribution in [2.45, 2.75) is 28.3 Å². The molecule has 0 atom stereocenters. The van der Waals surface area contributed by atoms with Gasteiger partial charge in [-0.2, -0.15) is 13.2 Å². The summed E-state index contributed by atoms with van der Waals surface area (Å²) >= 11 is 7.66. The van der Waals surface area contributed by atoms with Crippen molar-refractivity contribution < 1.29 is 32.7 Å². The summed E-state index contributed by atoms with van der Waals surface area (Å²) in [5.41, 5.74) is -0.884. The number of carbonyl (C=O) groups is 3. The Kier molecular flexibility index (Phi) is 13.1. The van der Waals surface area contributed by atoms with Crippen molar-refractivity contribution in [1.29, 1.82) is 0 Å². The van der Waals surface area contributed by atoms with E-state index in [9.17, 15) is 27.6 Å². The van der Waals surface area contributed by atoms with Gasteiger partial charge < -0.3 is 21.1 Å². The third kappa shape index (κ3) is 10.7. The molecule has 2 amide bonds. The third-order valence-electron chi connectivity index (χ3n) is 7.00. The van der Waals surface area contributed by atoms with E-state index in [1.54, 1.807) is 66.7 Å². The largest absolute Gasteiger partial charge is 0.480 e. The molecular weight excluding hydrogens is 720 g/mol. The first-order valence-electron chi connectivity index (χ1n) is 14.5. The number of carbonyl (C=O) groups excluding carboxylic acids is 2. The number of hydrogen-bond acceptors (Lipinski definition) is 6. The maximum absolute atomic E-state index is 13.7. The predicted molar refractivity (Wildman–Crippen MR) is 192 cm³/mol. The van der Waals surface area contributed by atoms with Crippen LogP contribution < -0.4 is 16.0 Å². The van der Waals surface area contributed by atoms with Crippen LogP contribution in [0.5, 0.6) is 0 Å². The second-order valence-corrected chi connectivity index (χ2v) is 13.2. The molecule has 256 valence electrons. The number of aryl methyl sites for hydroxylation is 1. The maximum Gasteiger partial charge on any atom is 0.446 e. The quantitative estimate of drug-likeness (QED) is 0.0942. The molecule has 8 nitrogen and oxygen atoms in total. The number of aromatic nitrogens is 1. The van der Waals surface area contributed by atoms with E-state index in [-0.39, 0.29) is 48.1 Å². The Morgan fingerprint density at radius 1 is 0.878 bits per heavy atom. The van der Waals surface area contributed by atoms with Crippen molar-refractivity contribution in [1.82, 2.24) is 9.88 Å². The van der Waals surface area contributed by atoms with Crippen LogP contribution in [0, 0.1) is 0 Å². The highest BCUT2D eigenvalue weighted by Gasteiger charge is 2.29. The van der Waals surface area contributed by atoms with E-state index in [1.807, 2.05) is 12.1 Å². The molecule has 0 radical (unpaired) electrons. The second-order valence-electron chi connectivity index (χ2n) is 10.4. The number of thioether (sulfide) groups is 2. The molecule has 0 aliphatic carbocycles. The number of carboxylic acids is 1. The summed E-state index contributed by atoms with van der Waals surface area (Å²) in [6.07, 6.45) is 2.23. The number of benzene rings is 4. The van der Waals surface area contributed by atoms with Gasteiger partial charge >= 0.3 is 17.5 Å². The van der Waals surface area contributed by atoms with Crippen LogP contribution in [0.25, 0.3) is 10.9 Å². The molecule has 0 aliphatic rings. The van der Waals surface area contributed by atoms with Gasteiger partial charge in [0.25, 0.3) is 5.91 Å². The van der Waals surface area contributed by atoms with Crippen molar-refractivity contribution in [3.05, 3.63) is 119 Å². The topological polar surface area (TPSA) is 112 Å². The summed E-state index contributed by atoms with van der Waals surface area (Å²) < 4.78 is 39.0. The zero-order valence-electron chi connectivity index (χ0n) is 25.4. The number of amides is 2. The van der Waals surface area contributed by atoms with Crippen molar-refractivity contribution in [3.8, 4) is 0 Å². The molecule has 1 aromatic heterocycles. The summed E-state index contributed by atoms with van der Waals surface area (Å²) in [7, 11) is 0. The SMILES string of the molecule is Cl.O=C(O)CNCc1ccccc1C(=O)n1cc(NC(=O)Nc2ccc(CCSc3ccc(SC(F)(F)F)cc3)cc2)c2cc(Cl)ccc21. The summed E-state index contributed by atoms with van der Waals surface area (Å²) in [4.78, 5) is 38.7. The van der Waals surface area contributed by atoms with Gasteiger partial charge in [-0.1, -0.05) is 41.9 Å². The molecule has 4 aromatic carbocycles. The Balaban J connectivity index is 0.00000541. The fourth-order valence-electron chi connectivity index (χ4n) is 4.85. The molecule has 1 heterocycles. The highest BCUT2D eigenvalue weighted by Crippen LogP contribution is 2.37. The van der Waals surface area contributed by atoms with Gasteiger partial charge in [-0.25, -0.2) is 4.79 Å². The van der Waals surface area contributed by atoms with Crippen molar-refractivity contribution >= 4 is 87.7 Å². The van der Waals surface area contributed by atoms with Gasteiger partial charge in [-0.3, -0.25) is 14.2 Å². The zero-order valence-corrected chi connectivity index (χ0v) is 28.6. The molecule has 0 aliphatic heterocycles. The van der Waals surface area contributed by atoms with Crippen LogP contribution >= 0.6 is 47.5 Å². The Labute approximate surface area is 299 Å². The van der Waals surface area contributed by atoms with Gasteiger partial charge in [-0.15, -0.1) is 24.2 Å². The van der Waals surface area contributed by atoms with Crippen LogP contribution in [0.3, 0.4) is 0 Å². The van der Waals surface area contributed by atoms with Crippen molar-refractivity contribution in [3.63, 3.8) is 0 Å². The molecule has 0 bridgehead atoms. The van der Waals surface area contributed by atoms with Crippen LogP contribution in [0.2, 0.25) is 5.02 Å². The molecule has 0 saturated carbocycles. The number of hydrogen-bond donors (Lipinski definition) is 4. The summed E-state index contributed by atoms with van der Waals surface area (Å²) in [5.74, 6) is -0.661. The monoisotopic (exact) mass is 748 g/mol. The first kappa shape index (κ1) is 37.7. The lowest BCUT2D eigenvalue weighted by atomic mass is 10.1. The van der Waals surface area contributed by atoms with Gasteiger partial charge in [0.1, 0.15) is 0 Å². The smallest absolute Gasteiger partial charge is 0.446 e. The number of aliphatic carboxylic acids is 1. The van der Waals surface area contributed by atoms with Crippen molar-refractivity contribution in [2.24, 2.45) is 0 Å². The molecule has 0 spiro atoms. The lowest BCUT2D eigenvalue weighted by Crippen LogP contribution is -2.23. The molecule has 0 unspecified atom stereocenters. The number of nitrogens with one attached hydrogen (secondary N) is 3. The van der Waals surface area contributed by atoms with Gasteiger partial charge in [0.15, 0.2) is 0 Å². The number of fused-ring (bicyclic) bond motifs is 1. The average molecular weight is 750 g/mol. The minimum Gasteiger partial charge on any atom is -0.480 e. The maximum atomic E-state index is 13.7. The summed E-state index contributed by atoms with van der Waals surface area (Å²) in [6, 6.07) is 24.9. The van der Waals surface area contributed by atoms with Crippen LogP contribution in [-0.2, 0) is 17.8 Å². The fourth-order valence-corrected chi connectivity index (χ4v) is 6.46. The highest BCUT2D eigenvalue weighted by molar-refractivity contribution is 8.00. The number of alkyl halides is 3. The molecular formula is C34H29Cl2F3N4O4S2. The Hall–Kier alpha value is -4.14. The predicted octanol–water partition coefficient (Wildman–Crippen LogP) is 9.17. The number of anilines is 2. The van der Waals surface area contributed by atoms with Crippen LogP contribution in [0.4, 0.5) is 29.3 Å². The molecule has 0 saturated heterocycles. The number of urea groups is 1. The van der Waals surface area contributed by atoms with E-state index >= 15 is 0 Å². The number of carboxylic acid groups (broad SMARTS) is 1. The first-order chi connectivity index (χ1) is 22.9. The molecule has 4 N–H and O–H groups in total. The molecule has 49 heavy (non-hydrogen) atoms. The van der Waals surface area contributed by atoms with Gasteiger partial charge in [0, 0.05) is 49.9 Å². The standard InChI is InChI=1S/C34H28ClF3N4O4S2.ClH/c35-23-7-14-30-28(17-23)29(20-42(30)32(45)27-4-2-1-3-22(27)18-39-19-31(43)44)41-33(46)40-24-8-5-21(6-9-24)15-16-47-25-10-12-26(13-11-25)48-34(36,37)38;/h1-14,17,20,39H,15-16,18-19H2,(H,43,44)(H2,40,41,46);1H. The average Bonchev–Trinajstić information content (AvgIpc) is 3.38. The lowest BCUT2D eigenvalue weighted by Gasteiger charge is -2.10. The van der Waals surface area contributed by atoms with Gasteiger partial charge in [0.2, 0.25) is 0 Å². The second kappa shape index (κ2) is 17.0. The van der Waals surface area contributed by atoms with Crippen LogP contribution in [-0.4, -0.2) is 45.4 Å². The molecule has 15 heteroatoms. The van der Waals surface area contributed by atoms with Crippen LogP contribution in [0.1, 0.15) is 21.5 Å². The summed E-state index contributed by atoms with van der Waals surface area (Å²) in [5, 5.41) is 18.3. The van der Waals surface area contributed by atoms with Crippen molar-refractivity contribution in [2.75, 3.05) is 22.9 Å². The number of halogens is 5. The van der Waals surface area contributed by atoms with E-state index in [1.165, 1.54) is 34.7 Å². The molecule has 5 rings (SSSR count). The molecule has 5 aromatic rings. The molecule has 0 fully saturated rings. The summed E-state index contributed by atoms with van der Waals surface area (Å²) in [6.45, 7) is -0.0854. The minimum absolute atomic E-state index is 0. The van der Waals surface area contributed by atoms with Gasteiger partial charge in [0.05, 0.1) is 17.7 Å². The van der Waals surface area contributed by atoms with E-state index in [0.717, 1.165) is 10.5 Å². The lowest BCUT2D eigenvalue weighted by molar-refractivity contribution is -0.136. The Morgan fingerprint density at radius 3 is 2.27 bits per heavy atom. The number of nitrogens with zero attached hydrogens (tertiary/aromatic N) is 1. The van der Waals surface area contributed by atoms with E-state index < -0.39 is 17.5 Å². The fraction of sp³-hybridized carbons (Fsp3) is 0.147. The van der Waals surface area contributed by atoms with E-state index in [0.29, 0.717) is 50.6 Å². The van der Waals surface area contributed by atoms with Crippen LogP contribution in [0.15, 0.2) is 107 Å². The Bertz CT molecular complexity index is 1940. The third-order valence-corrected chi connectivity index (χ3v) is 8.99. The zero-order chi connectivity index (χ0) is 34.3. The Morgan fingerprint density at radius 2 is 1.57 bits per heavy atom. The van der Waals surface area contributed by atoms with E-state index in [4.69, 9.17) is 16.7 Å². The van der Waals surface area contributed by atoms with Gasteiger partial charge in [-0.05, 0) is 90.0 Å². The normalized spacial score (nSPS) is 11.2. The highest BCUT2D eigenvalue weighted by atomic mass is 35.5. The van der Waals surface area contributed by atoms with E-state index in [2.05, 4.69) is 16.0 Å².